The summed E-state index contributed by atoms with van der Waals surface area (Å²) in [6.07, 6.45) is 2.00. The number of aryl methyl sites for hydroxylation is 1. The molecule has 0 bridgehead atoms. The van der Waals surface area contributed by atoms with Gasteiger partial charge in [-0.15, -0.1) is 0 Å². The summed E-state index contributed by atoms with van der Waals surface area (Å²) in [5.41, 5.74) is 2.86. The van der Waals surface area contributed by atoms with Gasteiger partial charge in [0.25, 0.3) is 0 Å². The molecule has 3 atom stereocenters. The van der Waals surface area contributed by atoms with E-state index in [9.17, 15) is 9.59 Å². The van der Waals surface area contributed by atoms with E-state index in [0.717, 1.165) is 17.5 Å². The minimum absolute atomic E-state index is 0.00631. The average molecular weight is 447 g/mol. The lowest BCUT2D eigenvalue weighted by molar-refractivity contribution is -0.137. The Hall–Kier alpha value is -3.68. The van der Waals surface area contributed by atoms with Crippen molar-refractivity contribution in [3.05, 3.63) is 65.5 Å². The Morgan fingerprint density at radius 3 is 2.70 bits per heavy atom. The molecule has 3 aromatic rings. The van der Waals surface area contributed by atoms with Gasteiger partial charge in [0, 0.05) is 23.1 Å². The van der Waals surface area contributed by atoms with E-state index >= 15 is 0 Å². The second-order valence-electron chi connectivity index (χ2n) is 8.73. The predicted molar refractivity (Wildman–Crippen MR) is 120 cm³/mol. The molecule has 2 aliphatic rings. The number of ether oxygens (including phenoxy) is 1. The number of nitrogens with zero attached hydrogens (tertiary/aromatic N) is 3. The number of fused-ring (bicyclic) bond motifs is 1. The molecule has 33 heavy (non-hydrogen) atoms. The molecule has 2 fully saturated rings. The molecule has 1 aromatic heterocycles. The highest BCUT2D eigenvalue weighted by atomic mass is 16.5. The maximum atomic E-state index is 13.2. The number of amides is 3. The van der Waals surface area contributed by atoms with Crippen LogP contribution < -0.4 is 10.1 Å². The van der Waals surface area contributed by atoms with Crippen LogP contribution in [0.1, 0.15) is 42.2 Å². The van der Waals surface area contributed by atoms with Crippen molar-refractivity contribution in [3.8, 4) is 17.1 Å². The fourth-order valence-corrected chi connectivity index (χ4v) is 4.76. The monoisotopic (exact) mass is 446 g/mol. The number of hydrogen-bond acceptors (Lipinski definition) is 6. The van der Waals surface area contributed by atoms with Crippen LogP contribution in [0, 0.1) is 12.8 Å². The molecule has 3 amide bonds. The molecule has 1 saturated carbocycles. The summed E-state index contributed by atoms with van der Waals surface area (Å²) in [5, 5.41) is 7.18. The number of urea groups is 1. The van der Waals surface area contributed by atoms with Crippen molar-refractivity contribution in [2.24, 2.45) is 5.92 Å². The van der Waals surface area contributed by atoms with Crippen LogP contribution in [0.4, 0.5) is 4.79 Å². The third kappa shape index (κ3) is 4.08. The molecule has 2 heterocycles. The van der Waals surface area contributed by atoms with Gasteiger partial charge in [-0.25, -0.2) is 4.79 Å². The van der Waals surface area contributed by atoms with Crippen LogP contribution in [0.2, 0.25) is 0 Å². The first-order valence-corrected chi connectivity index (χ1v) is 11.2. The lowest BCUT2D eigenvalue weighted by Crippen LogP contribution is -2.60. The molecule has 1 aliphatic heterocycles. The zero-order valence-electron chi connectivity index (χ0n) is 18.7. The van der Waals surface area contributed by atoms with Crippen LogP contribution in [0.25, 0.3) is 11.4 Å². The summed E-state index contributed by atoms with van der Waals surface area (Å²) >= 11 is 0. The lowest BCUT2D eigenvalue weighted by atomic mass is 9.76. The van der Waals surface area contributed by atoms with Crippen molar-refractivity contribution in [1.29, 1.82) is 0 Å². The molecule has 5 rings (SSSR count). The summed E-state index contributed by atoms with van der Waals surface area (Å²) in [6.45, 7) is 2.21. The summed E-state index contributed by atoms with van der Waals surface area (Å²) in [7, 11) is 1.58. The molecule has 0 radical (unpaired) electrons. The number of benzene rings is 2. The first-order chi connectivity index (χ1) is 16.0. The highest BCUT2D eigenvalue weighted by Crippen LogP contribution is 2.39. The standard InChI is InChI=1S/C25H26N4O4/c1-15-7-9-16(10-8-15)22-27-23(33-28-22)17-11-12-19-20(13-17)26-25(31)29(24(19)30)14-18-5-3-4-6-21(18)32-2/h3-10,17,19-20H,11-14H2,1-2H3,(H,26,31). The lowest BCUT2D eigenvalue weighted by Gasteiger charge is -2.41. The molecule has 170 valence electrons. The highest BCUT2D eigenvalue weighted by Gasteiger charge is 2.45. The number of aromatic nitrogens is 2. The second kappa shape index (κ2) is 8.69. The Labute approximate surface area is 191 Å². The first kappa shape index (κ1) is 21.2. The molecular weight excluding hydrogens is 420 g/mol. The van der Waals surface area contributed by atoms with Crippen LogP contribution in [0.3, 0.4) is 0 Å². The number of hydrogen-bond donors (Lipinski definition) is 1. The molecule has 8 heteroatoms. The van der Waals surface area contributed by atoms with E-state index < -0.39 is 0 Å². The Kier molecular flexibility index (Phi) is 5.58. The van der Waals surface area contributed by atoms with Crippen LogP contribution in [-0.4, -0.2) is 40.1 Å². The molecule has 1 saturated heterocycles. The second-order valence-corrected chi connectivity index (χ2v) is 8.73. The van der Waals surface area contributed by atoms with E-state index in [-0.39, 0.29) is 36.4 Å². The largest absolute Gasteiger partial charge is 0.496 e. The third-order valence-electron chi connectivity index (χ3n) is 6.61. The van der Waals surface area contributed by atoms with Crippen LogP contribution in [-0.2, 0) is 11.3 Å². The number of nitrogens with one attached hydrogen (secondary N) is 1. The van der Waals surface area contributed by atoms with Crippen LogP contribution in [0.5, 0.6) is 5.75 Å². The number of imide groups is 1. The zero-order chi connectivity index (χ0) is 22.9. The van der Waals surface area contributed by atoms with Gasteiger partial charge in [0.1, 0.15) is 5.75 Å². The number of para-hydroxylation sites is 1. The molecule has 1 aliphatic carbocycles. The third-order valence-corrected chi connectivity index (χ3v) is 6.61. The first-order valence-electron chi connectivity index (χ1n) is 11.2. The van der Waals surface area contributed by atoms with E-state index in [1.807, 2.05) is 55.5 Å². The van der Waals surface area contributed by atoms with E-state index in [2.05, 4.69) is 15.5 Å². The summed E-state index contributed by atoms with van der Waals surface area (Å²) in [4.78, 5) is 31.9. The van der Waals surface area contributed by atoms with Gasteiger partial charge < -0.3 is 14.6 Å². The van der Waals surface area contributed by atoms with Gasteiger partial charge in [-0.2, -0.15) is 4.98 Å². The van der Waals surface area contributed by atoms with Gasteiger partial charge in [0.05, 0.1) is 19.6 Å². The maximum Gasteiger partial charge on any atom is 0.324 e. The van der Waals surface area contributed by atoms with E-state index in [4.69, 9.17) is 9.26 Å². The Balaban J connectivity index is 1.28. The van der Waals surface area contributed by atoms with E-state index in [0.29, 0.717) is 30.3 Å². The number of carbonyl (C=O) groups is 2. The summed E-state index contributed by atoms with van der Waals surface area (Å²) < 4.78 is 10.9. The highest BCUT2D eigenvalue weighted by molar-refractivity contribution is 5.98. The SMILES string of the molecule is COc1ccccc1CN1C(=O)NC2CC(c3nc(-c4ccc(C)cc4)no3)CCC2C1=O. The number of rotatable bonds is 5. The summed E-state index contributed by atoms with van der Waals surface area (Å²) in [6, 6.07) is 14.8. The Morgan fingerprint density at radius 2 is 1.91 bits per heavy atom. The zero-order valence-corrected chi connectivity index (χ0v) is 18.7. The Morgan fingerprint density at radius 1 is 1.12 bits per heavy atom. The number of methoxy groups -OCH3 is 1. The predicted octanol–water partition coefficient (Wildman–Crippen LogP) is 4.06. The van der Waals surface area contributed by atoms with Crippen molar-refractivity contribution in [3.63, 3.8) is 0 Å². The molecule has 8 nitrogen and oxygen atoms in total. The van der Waals surface area contributed by atoms with Gasteiger partial charge in [-0.3, -0.25) is 9.69 Å². The van der Waals surface area contributed by atoms with Crippen molar-refractivity contribution >= 4 is 11.9 Å². The fraction of sp³-hybridized carbons (Fsp3) is 0.360. The Bertz CT molecular complexity index is 1170. The maximum absolute atomic E-state index is 13.2. The summed E-state index contributed by atoms with van der Waals surface area (Å²) in [5.74, 6) is 1.38. The molecule has 3 unspecified atom stereocenters. The minimum Gasteiger partial charge on any atom is -0.496 e. The average Bonchev–Trinajstić information content (AvgIpc) is 3.32. The van der Waals surface area contributed by atoms with Gasteiger partial charge in [0.15, 0.2) is 0 Å². The van der Waals surface area contributed by atoms with Gasteiger partial charge in [-0.1, -0.05) is 53.2 Å². The van der Waals surface area contributed by atoms with Gasteiger partial charge >= 0.3 is 6.03 Å². The molecular formula is C25H26N4O4. The van der Waals surface area contributed by atoms with Crippen molar-refractivity contribution in [1.82, 2.24) is 20.4 Å². The molecule has 0 spiro atoms. The molecule has 2 aromatic carbocycles. The number of carbonyl (C=O) groups excluding carboxylic acids is 2. The van der Waals surface area contributed by atoms with Crippen molar-refractivity contribution in [2.75, 3.05) is 7.11 Å². The van der Waals surface area contributed by atoms with Crippen LogP contribution >= 0.6 is 0 Å². The smallest absolute Gasteiger partial charge is 0.324 e. The minimum atomic E-state index is -0.376. The van der Waals surface area contributed by atoms with Gasteiger partial charge in [0.2, 0.25) is 17.6 Å². The fourth-order valence-electron chi connectivity index (χ4n) is 4.76. The van der Waals surface area contributed by atoms with Crippen LogP contribution in [0.15, 0.2) is 53.1 Å². The molecule has 1 N–H and O–H groups in total. The topological polar surface area (TPSA) is 97.6 Å². The van der Waals surface area contributed by atoms with Crippen molar-refractivity contribution < 1.29 is 18.8 Å². The van der Waals surface area contributed by atoms with Gasteiger partial charge in [-0.05, 0) is 32.3 Å². The normalized spacial score (nSPS) is 22.6. The van der Waals surface area contributed by atoms with Crippen molar-refractivity contribution in [2.45, 2.75) is 44.7 Å². The van der Waals surface area contributed by atoms with E-state index in [1.165, 1.54) is 10.5 Å². The quantitative estimate of drug-likeness (QED) is 0.635. The van der Waals surface area contributed by atoms with E-state index in [1.54, 1.807) is 7.11 Å².